The van der Waals surface area contributed by atoms with Crippen LogP contribution in [0.15, 0.2) is 29.6 Å². The monoisotopic (exact) mass is 291 g/mol. The zero-order valence-corrected chi connectivity index (χ0v) is 12.0. The predicted octanol–water partition coefficient (Wildman–Crippen LogP) is 4.84. The Bertz CT molecular complexity index is 584. The van der Waals surface area contributed by atoms with Gasteiger partial charge in [-0.2, -0.15) is 0 Å². The number of carbonyl (C=O) groups excluding carboxylic acids is 1. The van der Waals surface area contributed by atoms with E-state index in [1.54, 1.807) is 0 Å². The van der Waals surface area contributed by atoms with Crippen molar-refractivity contribution in [3.63, 3.8) is 0 Å². The van der Waals surface area contributed by atoms with Gasteiger partial charge in [0.2, 0.25) is 0 Å². The van der Waals surface area contributed by atoms with Crippen molar-refractivity contribution in [2.24, 2.45) is 5.92 Å². The number of aromatic nitrogens is 1. The standard InChI is InChI=1S/C15H14ClNOS/c16-12-7-5-10(6-8-12)13-9-19-15(17-13)14(18)11-3-1-2-4-11/h5-9,11H,1-4H2. The molecular formula is C15H14ClNOS. The number of thiazole rings is 1. The molecule has 0 amide bonds. The summed E-state index contributed by atoms with van der Waals surface area (Å²) in [5, 5.41) is 3.31. The Hall–Kier alpha value is -1.19. The maximum Gasteiger partial charge on any atom is 0.194 e. The molecular weight excluding hydrogens is 278 g/mol. The normalized spacial score (nSPS) is 15.8. The van der Waals surface area contributed by atoms with Crippen molar-refractivity contribution in [2.45, 2.75) is 25.7 Å². The predicted molar refractivity (Wildman–Crippen MR) is 78.8 cm³/mol. The van der Waals surface area contributed by atoms with Crippen LogP contribution in [0.3, 0.4) is 0 Å². The molecule has 0 radical (unpaired) electrons. The maximum absolute atomic E-state index is 12.3. The highest BCUT2D eigenvalue weighted by atomic mass is 35.5. The Morgan fingerprint density at radius 3 is 2.58 bits per heavy atom. The molecule has 1 fully saturated rings. The number of rotatable bonds is 3. The molecule has 1 aliphatic carbocycles. The molecule has 0 unspecified atom stereocenters. The lowest BCUT2D eigenvalue weighted by molar-refractivity contribution is 0.0922. The van der Waals surface area contributed by atoms with Crippen molar-refractivity contribution in [2.75, 3.05) is 0 Å². The van der Waals surface area contributed by atoms with E-state index in [-0.39, 0.29) is 11.7 Å². The molecule has 98 valence electrons. The topological polar surface area (TPSA) is 30.0 Å². The summed E-state index contributed by atoms with van der Waals surface area (Å²) in [5.74, 6) is 0.423. The van der Waals surface area contributed by atoms with E-state index in [2.05, 4.69) is 4.98 Å². The van der Waals surface area contributed by atoms with E-state index in [0.717, 1.165) is 24.1 Å². The summed E-state index contributed by atoms with van der Waals surface area (Å²) in [6.45, 7) is 0. The zero-order chi connectivity index (χ0) is 13.2. The van der Waals surface area contributed by atoms with Crippen LogP contribution in [0.2, 0.25) is 5.02 Å². The van der Waals surface area contributed by atoms with Crippen molar-refractivity contribution in [1.29, 1.82) is 0 Å². The Balaban J connectivity index is 1.82. The average Bonchev–Trinajstić information content (AvgIpc) is 3.10. The minimum absolute atomic E-state index is 0.198. The van der Waals surface area contributed by atoms with Crippen molar-refractivity contribution in [3.05, 3.63) is 39.7 Å². The molecule has 0 aliphatic heterocycles. The molecule has 0 bridgehead atoms. The van der Waals surface area contributed by atoms with E-state index in [4.69, 9.17) is 11.6 Å². The van der Waals surface area contributed by atoms with Gasteiger partial charge in [-0.25, -0.2) is 4.98 Å². The SMILES string of the molecule is O=C(c1nc(-c2ccc(Cl)cc2)cs1)C1CCCC1. The fourth-order valence-corrected chi connectivity index (χ4v) is 3.47. The van der Waals surface area contributed by atoms with Crippen LogP contribution in [-0.2, 0) is 0 Å². The summed E-state index contributed by atoms with van der Waals surface area (Å²) in [7, 11) is 0. The van der Waals surface area contributed by atoms with E-state index in [0.29, 0.717) is 10.0 Å². The molecule has 19 heavy (non-hydrogen) atoms. The highest BCUT2D eigenvalue weighted by molar-refractivity contribution is 7.12. The molecule has 0 N–H and O–H groups in total. The molecule has 1 heterocycles. The molecule has 0 saturated heterocycles. The minimum Gasteiger partial charge on any atom is -0.291 e. The summed E-state index contributed by atoms with van der Waals surface area (Å²) >= 11 is 7.32. The van der Waals surface area contributed by atoms with Crippen LogP contribution < -0.4 is 0 Å². The minimum atomic E-state index is 0.198. The van der Waals surface area contributed by atoms with Gasteiger partial charge < -0.3 is 0 Å². The highest BCUT2D eigenvalue weighted by Crippen LogP contribution is 2.30. The molecule has 1 aliphatic rings. The fraction of sp³-hybridized carbons (Fsp3) is 0.333. The van der Waals surface area contributed by atoms with Gasteiger partial charge in [0.1, 0.15) is 0 Å². The Labute approximate surface area is 121 Å². The molecule has 3 rings (SSSR count). The average molecular weight is 292 g/mol. The number of hydrogen-bond acceptors (Lipinski definition) is 3. The smallest absolute Gasteiger partial charge is 0.194 e. The van der Waals surface area contributed by atoms with Gasteiger partial charge in [-0.15, -0.1) is 11.3 Å². The van der Waals surface area contributed by atoms with Gasteiger partial charge in [0.15, 0.2) is 10.8 Å². The summed E-state index contributed by atoms with van der Waals surface area (Å²) < 4.78 is 0. The molecule has 4 heteroatoms. The first-order chi connectivity index (χ1) is 9.24. The quantitative estimate of drug-likeness (QED) is 0.758. The third kappa shape index (κ3) is 2.72. The second-order valence-electron chi connectivity index (χ2n) is 4.89. The first-order valence-electron chi connectivity index (χ1n) is 6.50. The molecule has 1 aromatic carbocycles. The second-order valence-corrected chi connectivity index (χ2v) is 6.18. The van der Waals surface area contributed by atoms with Crippen LogP contribution in [0.5, 0.6) is 0 Å². The third-order valence-electron chi connectivity index (χ3n) is 3.58. The highest BCUT2D eigenvalue weighted by Gasteiger charge is 2.25. The molecule has 1 saturated carbocycles. The fourth-order valence-electron chi connectivity index (χ4n) is 2.50. The van der Waals surface area contributed by atoms with Crippen molar-refractivity contribution in [1.82, 2.24) is 4.98 Å². The number of nitrogens with zero attached hydrogens (tertiary/aromatic N) is 1. The van der Waals surface area contributed by atoms with Crippen molar-refractivity contribution in [3.8, 4) is 11.3 Å². The van der Waals surface area contributed by atoms with Crippen molar-refractivity contribution < 1.29 is 4.79 Å². The molecule has 0 atom stereocenters. The number of carbonyl (C=O) groups is 1. The first-order valence-corrected chi connectivity index (χ1v) is 7.75. The van der Waals surface area contributed by atoms with Gasteiger partial charge in [0, 0.05) is 21.9 Å². The van der Waals surface area contributed by atoms with Gasteiger partial charge in [-0.05, 0) is 25.0 Å². The lowest BCUT2D eigenvalue weighted by Gasteiger charge is -2.03. The van der Waals surface area contributed by atoms with Crippen LogP contribution >= 0.6 is 22.9 Å². The Morgan fingerprint density at radius 2 is 1.89 bits per heavy atom. The second kappa shape index (κ2) is 5.43. The summed E-state index contributed by atoms with van der Waals surface area (Å²) in [4.78, 5) is 16.8. The lowest BCUT2D eigenvalue weighted by Crippen LogP contribution is -2.10. The van der Waals surface area contributed by atoms with Crippen molar-refractivity contribution >= 4 is 28.7 Å². The van der Waals surface area contributed by atoms with Gasteiger partial charge >= 0.3 is 0 Å². The van der Waals surface area contributed by atoms with Gasteiger partial charge in [0.25, 0.3) is 0 Å². The number of halogens is 1. The summed E-state index contributed by atoms with van der Waals surface area (Å²) in [6.07, 6.45) is 4.39. The zero-order valence-electron chi connectivity index (χ0n) is 10.4. The molecule has 1 aromatic heterocycles. The number of benzene rings is 1. The Kier molecular flexibility index (Phi) is 3.67. The van der Waals surface area contributed by atoms with E-state index in [9.17, 15) is 4.79 Å². The molecule has 0 spiro atoms. The van der Waals surface area contributed by atoms with Gasteiger partial charge in [0.05, 0.1) is 5.69 Å². The van der Waals surface area contributed by atoms with E-state index in [1.807, 2.05) is 29.6 Å². The first kappa shape index (κ1) is 12.8. The third-order valence-corrected chi connectivity index (χ3v) is 4.69. The van der Waals surface area contributed by atoms with Gasteiger partial charge in [-0.1, -0.05) is 36.6 Å². The van der Waals surface area contributed by atoms with E-state index >= 15 is 0 Å². The van der Waals surface area contributed by atoms with E-state index < -0.39 is 0 Å². The van der Waals surface area contributed by atoms with Crippen LogP contribution in [0.1, 0.15) is 35.5 Å². The number of ketones is 1. The molecule has 2 nitrogen and oxygen atoms in total. The summed E-state index contributed by atoms with van der Waals surface area (Å²) in [5.41, 5.74) is 1.87. The summed E-state index contributed by atoms with van der Waals surface area (Å²) in [6, 6.07) is 7.55. The van der Waals surface area contributed by atoms with Gasteiger partial charge in [-0.3, -0.25) is 4.79 Å². The lowest BCUT2D eigenvalue weighted by atomic mass is 10.0. The van der Waals surface area contributed by atoms with Crippen LogP contribution in [0.4, 0.5) is 0 Å². The maximum atomic E-state index is 12.3. The van der Waals surface area contributed by atoms with E-state index in [1.165, 1.54) is 24.2 Å². The molecule has 2 aromatic rings. The number of hydrogen-bond donors (Lipinski definition) is 0. The van der Waals surface area contributed by atoms with Crippen LogP contribution in [-0.4, -0.2) is 10.8 Å². The Morgan fingerprint density at radius 1 is 1.21 bits per heavy atom. The van der Waals surface area contributed by atoms with Crippen LogP contribution in [0, 0.1) is 5.92 Å². The van der Waals surface area contributed by atoms with Crippen LogP contribution in [0.25, 0.3) is 11.3 Å². The number of Topliss-reactive ketones (excluding diaryl/α,β-unsaturated/α-hetero) is 1. The largest absolute Gasteiger partial charge is 0.291 e.